The summed E-state index contributed by atoms with van der Waals surface area (Å²) in [6.45, 7) is 5.11. The van der Waals surface area contributed by atoms with Gasteiger partial charge in [0.1, 0.15) is 11.4 Å². The maximum Gasteiger partial charge on any atom is 0.185 e. The molecule has 5 nitrogen and oxygen atoms in total. The number of rotatable bonds is 7. The van der Waals surface area contributed by atoms with Crippen molar-refractivity contribution in [1.82, 2.24) is 15.0 Å². The standard InChI is InChI=1S/C15H19N3O2/c1-3-8-18-14(11-16-17-18)15(19)7-9-20-13-6-4-5-12(2)10-13/h4-6,10-11H,3,7-9H2,1-2H3. The van der Waals surface area contributed by atoms with Crippen LogP contribution in [0.4, 0.5) is 0 Å². The number of hydrogen-bond acceptors (Lipinski definition) is 4. The third-order valence-corrected chi connectivity index (χ3v) is 2.93. The third kappa shape index (κ3) is 3.66. The predicted molar refractivity (Wildman–Crippen MR) is 75.9 cm³/mol. The maximum atomic E-state index is 12.1. The van der Waals surface area contributed by atoms with Crippen LogP contribution in [-0.2, 0) is 6.54 Å². The molecule has 1 aromatic carbocycles. The molecule has 0 bridgehead atoms. The minimum Gasteiger partial charge on any atom is -0.493 e. The summed E-state index contributed by atoms with van der Waals surface area (Å²) in [4.78, 5) is 12.1. The molecule has 2 rings (SSSR count). The van der Waals surface area contributed by atoms with Crippen LogP contribution in [0.15, 0.2) is 30.5 Å². The number of Topliss-reactive ketones (excluding diaryl/α,β-unsaturated/α-hetero) is 1. The van der Waals surface area contributed by atoms with E-state index in [-0.39, 0.29) is 5.78 Å². The number of nitrogens with zero attached hydrogens (tertiary/aromatic N) is 3. The van der Waals surface area contributed by atoms with Crippen molar-refractivity contribution < 1.29 is 9.53 Å². The fourth-order valence-electron chi connectivity index (χ4n) is 1.95. The van der Waals surface area contributed by atoms with Gasteiger partial charge in [-0.25, -0.2) is 4.68 Å². The van der Waals surface area contributed by atoms with Crippen molar-refractivity contribution in [3.8, 4) is 5.75 Å². The van der Waals surface area contributed by atoms with Crippen LogP contribution in [0.5, 0.6) is 5.75 Å². The minimum atomic E-state index is 0.0103. The van der Waals surface area contributed by atoms with E-state index in [2.05, 4.69) is 10.3 Å². The fourth-order valence-corrected chi connectivity index (χ4v) is 1.95. The van der Waals surface area contributed by atoms with Gasteiger partial charge in [-0.15, -0.1) is 5.10 Å². The van der Waals surface area contributed by atoms with Crippen LogP contribution in [0.3, 0.4) is 0 Å². The summed E-state index contributed by atoms with van der Waals surface area (Å²) in [6.07, 6.45) is 2.76. The molecule has 2 aromatic rings. The van der Waals surface area contributed by atoms with Gasteiger partial charge in [-0.3, -0.25) is 4.79 Å². The Morgan fingerprint density at radius 3 is 3.00 bits per heavy atom. The van der Waals surface area contributed by atoms with Gasteiger partial charge >= 0.3 is 0 Å². The molecule has 0 N–H and O–H groups in total. The Bertz CT molecular complexity index is 578. The van der Waals surface area contributed by atoms with Crippen LogP contribution in [0.2, 0.25) is 0 Å². The predicted octanol–water partition coefficient (Wildman–Crippen LogP) is 2.65. The second kappa shape index (κ2) is 6.84. The molecule has 0 fully saturated rings. The monoisotopic (exact) mass is 273 g/mol. The van der Waals surface area contributed by atoms with Crippen LogP contribution in [0, 0.1) is 6.92 Å². The van der Waals surface area contributed by atoms with Crippen molar-refractivity contribution in [2.45, 2.75) is 33.2 Å². The van der Waals surface area contributed by atoms with E-state index in [0.717, 1.165) is 17.7 Å². The van der Waals surface area contributed by atoms with Crippen molar-refractivity contribution in [3.63, 3.8) is 0 Å². The number of benzene rings is 1. The van der Waals surface area contributed by atoms with E-state index in [1.807, 2.05) is 38.1 Å². The van der Waals surface area contributed by atoms with Gasteiger partial charge in [0, 0.05) is 13.0 Å². The summed E-state index contributed by atoms with van der Waals surface area (Å²) in [5.41, 5.74) is 1.69. The summed E-state index contributed by atoms with van der Waals surface area (Å²) < 4.78 is 7.23. The molecule has 0 amide bonds. The molecule has 0 spiro atoms. The highest BCUT2D eigenvalue weighted by molar-refractivity contribution is 5.94. The number of ether oxygens (including phenoxy) is 1. The first-order chi connectivity index (χ1) is 9.70. The summed E-state index contributed by atoms with van der Waals surface area (Å²) in [7, 11) is 0. The van der Waals surface area contributed by atoms with E-state index >= 15 is 0 Å². The van der Waals surface area contributed by atoms with Gasteiger partial charge in [-0.05, 0) is 31.0 Å². The van der Waals surface area contributed by atoms with Crippen molar-refractivity contribution in [2.75, 3.05) is 6.61 Å². The summed E-state index contributed by atoms with van der Waals surface area (Å²) in [5, 5.41) is 7.70. The fraction of sp³-hybridized carbons (Fsp3) is 0.400. The Hall–Kier alpha value is -2.17. The average Bonchev–Trinajstić information content (AvgIpc) is 2.87. The molecule has 0 aliphatic carbocycles. The SMILES string of the molecule is CCCn1nncc1C(=O)CCOc1cccc(C)c1. The molecule has 0 unspecified atom stereocenters. The first-order valence-corrected chi connectivity index (χ1v) is 6.82. The molecule has 0 aliphatic rings. The lowest BCUT2D eigenvalue weighted by molar-refractivity contribution is 0.0951. The molecule has 0 saturated carbocycles. The number of aromatic nitrogens is 3. The maximum absolute atomic E-state index is 12.1. The van der Waals surface area contributed by atoms with Gasteiger partial charge in [0.15, 0.2) is 5.78 Å². The first kappa shape index (κ1) is 14.2. The average molecular weight is 273 g/mol. The normalized spacial score (nSPS) is 10.5. The van der Waals surface area contributed by atoms with E-state index in [4.69, 9.17) is 4.74 Å². The van der Waals surface area contributed by atoms with Crippen molar-refractivity contribution in [2.24, 2.45) is 0 Å². The topological polar surface area (TPSA) is 57.0 Å². The minimum absolute atomic E-state index is 0.0103. The second-order valence-electron chi connectivity index (χ2n) is 4.68. The van der Waals surface area contributed by atoms with Gasteiger partial charge in [0.2, 0.25) is 0 Å². The van der Waals surface area contributed by atoms with E-state index in [9.17, 15) is 4.79 Å². The second-order valence-corrected chi connectivity index (χ2v) is 4.68. The Morgan fingerprint density at radius 2 is 2.25 bits per heavy atom. The number of carbonyl (C=O) groups excluding carboxylic acids is 1. The third-order valence-electron chi connectivity index (χ3n) is 2.93. The molecule has 106 valence electrons. The van der Waals surface area contributed by atoms with Crippen LogP contribution in [-0.4, -0.2) is 27.4 Å². The van der Waals surface area contributed by atoms with Gasteiger partial charge in [-0.1, -0.05) is 24.3 Å². The highest BCUT2D eigenvalue weighted by Gasteiger charge is 2.12. The zero-order valence-electron chi connectivity index (χ0n) is 11.9. The van der Waals surface area contributed by atoms with Crippen molar-refractivity contribution in [1.29, 1.82) is 0 Å². The van der Waals surface area contributed by atoms with Crippen LogP contribution in [0.1, 0.15) is 35.8 Å². The van der Waals surface area contributed by atoms with Gasteiger partial charge in [0.25, 0.3) is 0 Å². The summed E-state index contributed by atoms with van der Waals surface area (Å²) >= 11 is 0. The van der Waals surface area contributed by atoms with Crippen LogP contribution >= 0.6 is 0 Å². The molecular formula is C15H19N3O2. The van der Waals surface area contributed by atoms with Gasteiger partial charge in [-0.2, -0.15) is 0 Å². The number of ketones is 1. The van der Waals surface area contributed by atoms with Crippen molar-refractivity contribution in [3.05, 3.63) is 41.7 Å². The Morgan fingerprint density at radius 1 is 1.40 bits per heavy atom. The van der Waals surface area contributed by atoms with Crippen LogP contribution in [0.25, 0.3) is 0 Å². The molecule has 5 heteroatoms. The highest BCUT2D eigenvalue weighted by atomic mass is 16.5. The quantitative estimate of drug-likeness (QED) is 0.728. The first-order valence-electron chi connectivity index (χ1n) is 6.82. The van der Waals surface area contributed by atoms with E-state index in [0.29, 0.717) is 25.3 Å². The highest BCUT2D eigenvalue weighted by Crippen LogP contribution is 2.13. The summed E-state index contributed by atoms with van der Waals surface area (Å²) in [6, 6.07) is 7.79. The van der Waals surface area contributed by atoms with E-state index in [1.165, 1.54) is 6.20 Å². The lowest BCUT2D eigenvalue weighted by Crippen LogP contribution is -2.13. The Kier molecular flexibility index (Phi) is 4.87. The molecule has 0 aliphatic heterocycles. The summed E-state index contributed by atoms with van der Waals surface area (Å²) in [5.74, 6) is 0.800. The molecule has 1 aromatic heterocycles. The van der Waals surface area contributed by atoms with E-state index in [1.54, 1.807) is 4.68 Å². The van der Waals surface area contributed by atoms with Gasteiger partial charge < -0.3 is 4.74 Å². The molecule has 0 saturated heterocycles. The molecule has 20 heavy (non-hydrogen) atoms. The van der Waals surface area contributed by atoms with Crippen LogP contribution < -0.4 is 4.74 Å². The Labute approximate surface area is 118 Å². The lowest BCUT2D eigenvalue weighted by atomic mass is 10.2. The van der Waals surface area contributed by atoms with Gasteiger partial charge in [0.05, 0.1) is 12.8 Å². The molecular weight excluding hydrogens is 254 g/mol. The van der Waals surface area contributed by atoms with Crippen molar-refractivity contribution >= 4 is 5.78 Å². The lowest BCUT2D eigenvalue weighted by Gasteiger charge is -2.07. The smallest absolute Gasteiger partial charge is 0.185 e. The molecule has 0 radical (unpaired) electrons. The number of carbonyl (C=O) groups is 1. The zero-order valence-corrected chi connectivity index (χ0v) is 11.9. The molecule has 1 heterocycles. The largest absolute Gasteiger partial charge is 0.493 e. The Balaban J connectivity index is 1.87. The van der Waals surface area contributed by atoms with E-state index < -0.39 is 0 Å². The number of hydrogen-bond donors (Lipinski definition) is 0. The zero-order chi connectivity index (χ0) is 14.4. The number of aryl methyl sites for hydroxylation is 2. The molecule has 0 atom stereocenters.